The van der Waals surface area contributed by atoms with Crippen LogP contribution in [-0.4, -0.2) is 25.2 Å². The highest BCUT2D eigenvalue weighted by Crippen LogP contribution is 2.30. The minimum Gasteiger partial charge on any atom is -0.328 e. The molecule has 0 unspecified atom stereocenters. The topological polar surface area (TPSA) is 64.7 Å². The molecule has 2 aromatic heterocycles. The number of imidazole rings is 1. The molecule has 1 aliphatic heterocycles. The van der Waals surface area contributed by atoms with Crippen molar-refractivity contribution in [1.29, 1.82) is 0 Å². The maximum atomic E-state index is 12.4. The zero-order chi connectivity index (χ0) is 17.9. The smallest absolute Gasteiger partial charge is 0.224 e. The summed E-state index contributed by atoms with van der Waals surface area (Å²) in [5, 5.41) is 7.20. The third kappa shape index (κ3) is 3.40. The number of nitrogens with one attached hydrogen (secondary N) is 1. The van der Waals surface area contributed by atoms with E-state index in [1.807, 2.05) is 43.7 Å². The lowest BCUT2D eigenvalue weighted by Gasteiger charge is -2.18. The zero-order valence-electron chi connectivity index (χ0n) is 15.0. The second kappa shape index (κ2) is 7.15. The molecule has 0 spiro atoms. The largest absolute Gasteiger partial charge is 0.328 e. The van der Waals surface area contributed by atoms with Gasteiger partial charge in [-0.2, -0.15) is 5.10 Å². The predicted molar refractivity (Wildman–Crippen MR) is 101 cm³/mol. The van der Waals surface area contributed by atoms with Gasteiger partial charge in [0.05, 0.1) is 11.9 Å². The van der Waals surface area contributed by atoms with Crippen molar-refractivity contribution < 1.29 is 4.79 Å². The summed E-state index contributed by atoms with van der Waals surface area (Å²) >= 11 is 0. The van der Waals surface area contributed by atoms with Crippen molar-refractivity contribution in [2.24, 2.45) is 7.05 Å². The Bertz CT molecular complexity index is 924. The Balaban J connectivity index is 1.51. The molecule has 0 radical (unpaired) electrons. The summed E-state index contributed by atoms with van der Waals surface area (Å²) in [6.07, 6.45) is 10.3. The Morgan fingerprint density at radius 2 is 2.12 bits per heavy atom. The number of aromatic nitrogens is 4. The number of hydrogen-bond acceptors (Lipinski definition) is 3. The minimum atomic E-state index is 0.00623. The summed E-state index contributed by atoms with van der Waals surface area (Å²) in [6, 6.07) is 7.91. The van der Waals surface area contributed by atoms with E-state index in [-0.39, 0.29) is 5.91 Å². The van der Waals surface area contributed by atoms with Crippen LogP contribution >= 0.6 is 0 Å². The van der Waals surface area contributed by atoms with Crippen LogP contribution in [0, 0.1) is 0 Å². The van der Waals surface area contributed by atoms with E-state index in [0.29, 0.717) is 12.8 Å². The summed E-state index contributed by atoms with van der Waals surface area (Å²) in [5.74, 6) is 0.953. The van der Waals surface area contributed by atoms with Crippen molar-refractivity contribution in [2.75, 3.05) is 5.32 Å². The van der Waals surface area contributed by atoms with E-state index >= 15 is 0 Å². The van der Waals surface area contributed by atoms with Gasteiger partial charge >= 0.3 is 0 Å². The lowest BCUT2D eigenvalue weighted by Crippen LogP contribution is -2.14. The van der Waals surface area contributed by atoms with Crippen LogP contribution in [0.3, 0.4) is 0 Å². The van der Waals surface area contributed by atoms with E-state index in [0.717, 1.165) is 35.6 Å². The first kappa shape index (κ1) is 16.6. The van der Waals surface area contributed by atoms with Crippen LogP contribution in [0.5, 0.6) is 0 Å². The van der Waals surface area contributed by atoms with E-state index < -0.39 is 0 Å². The number of carbonyl (C=O) groups excluding carboxylic acids is 1. The normalized spacial score (nSPS) is 13.4. The summed E-state index contributed by atoms with van der Waals surface area (Å²) in [6.45, 7) is 0.994. The Kier molecular flexibility index (Phi) is 4.56. The third-order valence-electron chi connectivity index (χ3n) is 4.84. The van der Waals surface area contributed by atoms with Gasteiger partial charge in [0.2, 0.25) is 5.91 Å². The monoisotopic (exact) mass is 349 g/mol. The molecule has 0 saturated carbocycles. The molecule has 3 aromatic rings. The molecule has 1 aliphatic rings. The maximum absolute atomic E-state index is 12.4. The molecule has 1 amide bonds. The van der Waals surface area contributed by atoms with Crippen molar-refractivity contribution in [3.8, 4) is 11.4 Å². The van der Waals surface area contributed by atoms with Gasteiger partial charge in [0, 0.05) is 43.7 Å². The highest BCUT2D eigenvalue weighted by atomic mass is 16.1. The van der Waals surface area contributed by atoms with Crippen molar-refractivity contribution in [3.63, 3.8) is 0 Å². The van der Waals surface area contributed by atoms with Crippen LogP contribution in [0.1, 0.15) is 30.5 Å². The van der Waals surface area contributed by atoms with Gasteiger partial charge < -0.3 is 9.88 Å². The lowest BCUT2D eigenvalue weighted by atomic mass is 10.1. The predicted octanol–water partition coefficient (Wildman–Crippen LogP) is 3.19. The van der Waals surface area contributed by atoms with E-state index in [2.05, 4.69) is 20.0 Å². The number of fused-ring (bicyclic) bond motifs is 1. The second-order valence-electron chi connectivity index (χ2n) is 6.80. The van der Waals surface area contributed by atoms with Gasteiger partial charge in [-0.1, -0.05) is 12.1 Å². The Morgan fingerprint density at radius 3 is 2.96 bits per heavy atom. The molecule has 6 heteroatoms. The zero-order valence-corrected chi connectivity index (χ0v) is 15.0. The summed E-state index contributed by atoms with van der Waals surface area (Å²) < 4.78 is 4.04. The van der Waals surface area contributed by atoms with Crippen LogP contribution in [-0.2, 0) is 31.2 Å². The van der Waals surface area contributed by atoms with E-state index in [4.69, 9.17) is 0 Å². The van der Waals surface area contributed by atoms with Crippen molar-refractivity contribution in [3.05, 3.63) is 54.1 Å². The average Bonchev–Trinajstić information content (AvgIpc) is 3.27. The van der Waals surface area contributed by atoms with Gasteiger partial charge in [-0.15, -0.1) is 0 Å². The first-order valence-electron chi connectivity index (χ1n) is 9.12. The number of hydrogen-bond donors (Lipinski definition) is 1. The number of amides is 1. The molecule has 3 heterocycles. The number of anilines is 1. The minimum absolute atomic E-state index is 0.00623. The summed E-state index contributed by atoms with van der Waals surface area (Å²) in [7, 11) is 1.88. The van der Waals surface area contributed by atoms with Crippen molar-refractivity contribution >= 4 is 11.6 Å². The van der Waals surface area contributed by atoms with Gasteiger partial charge in [0.1, 0.15) is 5.82 Å². The van der Waals surface area contributed by atoms with Gasteiger partial charge in [-0.05, 0) is 43.4 Å². The second-order valence-corrected chi connectivity index (χ2v) is 6.80. The van der Waals surface area contributed by atoms with Gasteiger partial charge in [0.15, 0.2) is 0 Å². The Hall–Kier alpha value is -2.89. The number of nitrogens with zero attached hydrogens (tertiary/aromatic N) is 4. The fraction of sp³-hybridized carbons (Fsp3) is 0.350. The van der Waals surface area contributed by atoms with Crippen LogP contribution in [0.15, 0.2) is 42.9 Å². The van der Waals surface area contributed by atoms with Crippen LogP contribution in [0.4, 0.5) is 5.69 Å². The average molecular weight is 349 g/mol. The maximum Gasteiger partial charge on any atom is 0.224 e. The number of para-hydroxylation sites is 1. The number of benzene rings is 1. The third-order valence-corrected chi connectivity index (χ3v) is 4.84. The molecule has 1 aromatic carbocycles. The van der Waals surface area contributed by atoms with Gasteiger partial charge in [-0.25, -0.2) is 4.98 Å². The molecule has 0 bridgehead atoms. The molecular formula is C20H23N5O. The molecule has 0 saturated heterocycles. The molecule has 0 fully saturated rings. The number of rotatable bonds is 5. The fourth-order valence-corrected chi connectivity index (χ4v) is 3.51. The molecule has 4 rings (SSSR count). The molecular weight excluding hydrogens is 326 g/mol. The SMILES string of the molecule is Cn1cc(CCC(=O)Nc2ccccc2-c2ncc3n2CCCC3)cn1. The standard InChI is InChI=1S/C20H23N5O/c1-24-14-15(12-22-24)9-10-19(26)23-18-8-3-2-7-17(18)20-21-13-16-6-4-5-11-25(16)20/h2-3,7-8,12-14H,4-6,9-11H2,1H3,(H,23,26). The van der Waals surface area contributed by atoms with Crippen LogP contribution < -0.4 is 5.32 Å². The van der Waals surface area contributed by atoms with Crippen molar-refractivity contribution in [2.45, 2.75) is 38.6 Å². The molecule has 134 valence electrons. The summed E-state index contributed by atoms with van der Waals surface area (Å²) in [5.41, 5.74) is 4.15. The van der Waals surface area contributed by atoms with Crippen LogP contribution in [0.25, 0.3) is 11.4 Å². The highest BCUT2D eigenvalue weighted by Gasteiger charge is 2.18. The van der Waals surface area contributed by atoms with E-state index in [9.17, 15) is 4.79 Å². The quantitative estimate of drug-likeness (QED) is 0.769. The molecule has 6 nitrogen and oxygen atoms in total. The molecule has 26 heavy (non-hydrogen) atoms. The molecule has 0 aliphatic carbocycles. The van der Waals surface area contributed by atoms with Gasteiger partial charge in [-0.3, -0.25) is 9.48 Å². The Labute approximate surface area is 152 Å². The first-order valence-corrected chi connectivity index (χ1v) is 9.12. The number of aryl methyl sites for hydroxylation is 3. The summed E-state index contributed by atoms with van der Waals surface area (Å²) in [4.78, 5) is 17.1. The fourth-order valence-electron chi connectivity index (χ4n) is 3.51. The number of carbonyl (C=O) groups is 1. The first-order chi connectivity index (χ1) is 12.7. The van der Waals surface area contributed by atoms with Crippen LogP contribution in [0.2, 0.25) is 0 Å². The Morgan fingerprint density at radius 1 is 1.23 bits per heavy atom. The van der Waals surface area contributed by atoms with Crippen molar-refractivity contribution in [1.82, 2.24) is 19.3 Å². The van der Waals surface area contributed by atoms with E-state index in [1.54, 1.807) is 10.9 Å². The molecule has 0 atom stereocenters. The van der Waals surface area contributed by atoms with E-state index in [1.165, 1.54) is 18.5 Å². The lowest BCUT2D eigenvalue weighted by molar-refractivity contribution is -0.116. The van der Waals surface area contributed by atoms with Gasteiger partial charge in [0.25, 0.3) is 0 Å². The molecule has 1 N–H and O–H groups in total. The highest BCUT2D eigenvalue weighted by molar-refractivity contribution is 5.94.